The third-order valence-electron chi connectivity index (χ3n) is 4.70. The first-order chi connectivity index (χ1) is 11.3. The Morgan fingerprint density at radius 1 is 0.565 bits per heavy atom. The highest BCUT2D eigenvalue weighted by Crippen LogP contribution is 2.30. The molecule has 0 spiro atoms. The molecule has 0 saturated heterocycles. The van der Waals surface area contributed by atoms with Crippen molar-refractivity contribution in [3.05, 3.63) is 82.3 Å². The molecule has 0 amide bonds. The van der Waals surface area contributed by atoms with Gasteiger partial charge in [0.25, 0.3) is 0 Å². The standard InChI is InChI=1S/C22H19Br/c23-22-10-4-9-20(15-22)18-7-3-8-19(14-18)21-12-11-16-5-1-2-6-17(16)13-21/h3-4,7-15H,1-2,5-6H2. The van der Waals surface area contributed by atoms with Crippen LogP contribution in [0.3, 0.4) is 0 Å². The molecule has 0 unspecified atom stereocenters. The van der Waals surface area contributed by atoms with Gasteiger partial charge < -0.3 is 0 Å². The van der Waals surface area contributed by atoms with E-state index in [9.17, 15) is 0 Å². The highest BCUT2D eigenvalue weighted by atomic mass is 79.9. The molecule has 1 aliphatic carbocycles. The summed E-state index contributed by atoms with van der Waals surface area (Å²) in [5.41, 5.74) is 8.24. The summed E-state index contributed by atoms with van der Waals surface area (Å²) >= 11 is 3.56. The van der Waals surface area contributed by atoms with E-state index in [2.05, 4.69) is 82.7 Å². The maximum absolute atomic E-state index is 3.56. The molecule has 0 nitrogen and oxygen atoms in total. The molecule has 0 aromatic heterocycles. The van der Waals surface area contributed by atoms with E-state index in [0.29, 0.717) is 0 Å². The van der Waals surface area contributed by atoms with Gasteiger partial charge in [0.05, 0.1) is 0 Å². The van der Waals surface area contributed by atoms with Gasteiger partial charge >= 0.3 is 0 Å². The first-order valence-corrected chi connectivity index (χ1v) is 9.07. The Morgan fingerprint density at radius 2 is 1.17 bits per heavy atom. The second-order valence-electron chi connectivity index (χ2n) is 6.28. The molecule has 3 aromatic rings. The van der Waals surface area contributed by atoms with Crippen LogP contribution in [0.2, 0.25) is 0 Å². The van der Waals surface area contributed by atoms with Gasteiger partial charge in [-0.1, -0.05) is 64.5 Å². The molecule has 23 heavy (non-hydrogen) atoms. The third kappa shape index (κ3) is 3.11. The number of aryl methyl sites for hydroxylation is 2. The van der Waals surface area contributed by atoms with E-state index >= 15 is 0 Å². The number of rotatable bonds is 2. The molecule has 4 rings (SSSR count). The Hall–Kier alpha value is -1.86. The SMILES string of the molecule is Brc1cccc(-c2cccc(-c3ccc4c(c3)CCCC4)c2)c1. The van der Waals surface area contributed by atoms with Crippen molar-refractivity contribution < 1.29 is 0 Å². The lowest BCUT2D eigenvalue weighted by Gasteiger charge is -2.17. The van der Waals surface area contributed by atoms with Gasteiger partial charge in [-0.15, -0.1) is 0 Å². The molecule has 0 fully saturated rings. The molecule has 3 aromatic carbocycles. The van der Waals surface area contributed by atoms with Gasteiger partial charge in [-0.2, -0.15) is 0 Å². The molecular formula is C22H19Br. The van der Waals surface area contributed by atoms with E-state index in [4.69, 9.17) is 0 Å². The minimum absolute atomic E-state index is 1.12. The molecule has 0 heterocycles. The van der Waals surface area contributed by atoms with Crippen LogP contribution in [0, 0.1) is 0 Å². The van der Waals surface area contributed by atoms with Crippen molar-refractivity contribution in [1.29, 1.82) is 0 Å². The zero-order valence-electron chi connectivity index (χ0n) is 13.1. The Kier molecular flexibility index (Phi) is 4.05. The van der Waals surface area contributed by atoms with E-state index < -0.39 is 0 Å². The van der Waals surface area contributed by atoms with E-state index in [1.54, 1.807) is 11.1 Å². The normalized spacial score (nSPS) is 13.6. The molecule has 0 radical (unpaired) electrons. The molecule has 0 saturated carbocycles. The summed E-state index contributed by atoms with van der Waals surface area (Å²) in [5.74, 6) is 0. The molecule has 1 aliphatic rings. The summed E-state index contributed by atoms with van der Waals surface area (Å²) in [6.07, 6.45) is 5.14. The van der Waals surface area contributed by atoms with Crippen molar-refractivity contribution in [3.8, 4) is 22.3 Å². The lowest BCUT2D eigenvalue weighted by molar-refractivity contribution is 0.686. The lowest BCUT2D eigenvalue weighted by Crippen LogP contribution is -2.02. The summed E-state index contributed by atoms with van der Waals surface area (Å²) in [7, 11) is 0. The summed E-state index contributed by atoms with van der Waals surface area (Å²) in [6.45, 7) is 0. The van der Waals surface area contributed by atoms with Crippen molar-refractivity contribution in [3.63, 3.8) is 0 Å². The van der Waals surface area contributed by atoms with Gasteiger partial charge in [-0.25, -0.2) is 0 Å². The molecule has 0 atom stereocenters. The molecular weight excluding hydrogens is 344 g/mol. The zero-order chi connectivity index (χ0) is 15.6. The van der Waals surface area contributed by atoms with Crippen LogP contribution in [0.4, 0.5) is 0 Å². The number of halogens is 1. The molecule has 0 bridgehead atoms. The summed E-state index contributed by atoms with van der Waals surface area (Å²) < 4.78 is 1.12. The van der Waals surface area contributed by atoms with Crippen molar-refractivity contribution >= 4 is 15.9 Å². The van der Waals surface area contributed by atoms with Crippen molar-refractivity contribution in [2.75, 3.05) is 0 Å². The molecule has 1 heteroatoms. The number of benzene rings is 3. The minimum atomic E-state index is 1.12. The first-order valence-electron chi connectivity index (χ1n) is 8.28. The largest absolute Gasteiger partial charge is 0.0610 e. The number of fused-ring (bicyclic) bond motifs is 1. The lowest BCUT2D eigenvalue weighted by atomic mass is 9.88. The van der Waals surface area contributed by atoms with Gasteiger partial charge in [0, 0.05) is 4.47 Å². The van der Waals surface area contributed by atoms with Crippen LogP contribution in [0.5, 0.6) is 0 Å². The average molecular weight is 363 g/mol. The van der Waals surface area contributed by atoms with Crippen molar-refractivity contribution in [2.24, 2.45) is 0 Å². The topological polar surface area (TPSA) is 0 Å². The van der Waals surface area contributed by atoms with Gasteiger partial charge in [-0.3, -0.25) is 0 Å². The fraction of sp³-hybridized carbons (Fsp3) is 0.182. The van der Waals surface area contributed by atoms with Crippen LogP contribution in [0.15, 0.2) is 71.2 Å². The van der Waals surface area contributed by atoms with Crippen molar-refractivity contribution in [2.45, 2.75) is 25.7 Å². The van der Waals surface area contributed by atoms with Gasteiger partial charge in [0.2, 0.25) is 0 Å². The van der Waals surface area contributed by atoms with Crippen LogP contribution in [0.1, 0.15) is 24.0 Å². The summed E-state index contributed by atoms with van der Waals surface area (Å²) in [5, 5.41) is 0. The third-order valence-corrected chi connectivity index (χ3v) is 5.20. The molecule has 0 aliphatic heterocycles. The molecule has 0 N–H and O–H groups in total. The summed E-state index contributed by atoms with van der Waals surface area (Å²) in [4.78, 5) is 0. The van der Waals surface area contributed by atoms with Crippen LogP contribution in [-0.2, 0) is 12.8 Å². The van der Waals surface area contributed by atoms with Gasteiger partial charge in [-0.05, 0) is 77.3 Å². The number of hydrogen-bond acceptors (Lipinski definition) is 0. The zero-order valence-corrected chi connectivity index (χ0v) is 14.6. The van der Waals surface area contributed by atoms with E-state index in [1.807, 2.05) is 0 Å². The smallest absolute Gasteiger partial charge is 0.0181 e. The quantitative estimate of drug-likeness (QED) is 0.477. The Bertz CT molecular complexity index is 848. The van der Waals surface area contributed by atoms with E-state index in [1.165, 1.54) is 47.9 Å². The predicted molar refractivity (Wildman–Crippen MR) is 102 cm³/mol. The van der Waals surface area contributed by atoms with E-state index in [0.717, 1.165) is 4.47 Å². The second kappa shape index (κ2) is 6.33. The molecule has 114 valence electrons. The fourth-order valence-corrected chi connectivity index (χ4v) is 3.86. The monoisotopic (exact) mass is 362 g/mol. The van der Waals surface area contributed by atoms with Crippen LogP contribution in [0.25, 0.3) is 22.3 Å². The maximum atomic E-state index is 3.56. The average Bonchev–Trinajstić information content (AvgIpc) is 2.61. The first kappa shape index (κ1) is 14.7. The van der Waals surface area contributed by atoms with E-state index in [-0.39, 0.29) is 0 Å². The minimum Gasteiger partial charge on any atom is -0.0610 e. The Morgan fingerprint density at radius 3 is 1.91 bits per heavy atom. The highest BCUT2D eigenvalue weighted by molar-refractivity contribution is 9.10. The maximum Gasteiger partial charge on any atom is 0.0181 e. The number of hydrogen-bond donors (Lipinski definition) is 0. The van der Waals surface area contributed by atoms with Crippen LogP contribution in [-0.4, -0.2) is 0 Å². The predicted octanol–water partition coefficient (Wildman–Crippen LogP) is 6.66. The highest BCUT2D eigenvalue weighted by Gasteiger charge is 2.10. The fourth-order valence-electron chi connectivity index (χ4n) is 3.46. The van der Waals surface area contributed by atoms with Gasteiger partial charge in [0.1, 0.15) is 0 Å². The van der Waals surface area contributed by atoms with Gasteiger partial charge in [0.15, 0.2) is 0 Å². The Labute approximate surface area is 146 Å². The van der Waals surface area contributed by atoms with Crippen LogP contribution < -0.4 is 0 Å². The van der Waals surface area contributed by atoms with Crippen LogP contribution >= 0.6 is 15.9 Å². The second-order valence-corrected chi connectivity index (χ2v) is 7.20. The Balaban J connectivity index is 1.74. The van der Waals surface area contributed by atoms with Crippen molar-refractivity contribution in [1.82, 2.24) is 0 Å². The summed E-state index contributed by atoms with van der Waals surface area (Å²) in [6, 6.07) is 24.4.